The van der Waals surface area contributed by atoms with Gasteiger partial charge in [-0.1, -0.05) is 20.8 Å². The van der Waals surface area contributed by atoms with E-state index < -0.39 is 17.3 Å². The number of hydrogen-bond acceptors (Lipinski definition) is 4. The van der Waals surface area contributed by atoms with Crippen LogP contribution in [0.1, 0.15) is 40.0 Å². The highest BCUT2D eigenvalue weighted by Gasteiger charge is 2.43. The SMILES string of the molecule is COC(=O)C(C(=O)C(C)(C)C)[C@@H]1CCC(=O)C1. The van der Waals surface area contributed by atoms with Gasteiger partial charge in [-0.25, -0.2) is 0 Å². The van der Waals surface area contributed by atoms with Crippen LogP contribution in [0, 0.1) is 17.3 Å². The standard InChI is InChI=1S/C13H20O4/c1-13(2,3)11(15)10(12(16)17-4)8-5-6-9(14)7-8/h8,10H,5-7H2,1-4H3/t8-,10?/m1/s1. The van der Waals surface area contributed by atoms with Gasteiger partial charge in [-0.2, -0.15) is 0 Å². The highest BCUT2D eigenvalue weighted by molar-refractivity contribution is 6.02. The summed E-state index contributed by atoms with van der Waals surface area (Å²) in [6.07, 6.45) is 1.40. The van der Waals surface area contributed by atoms with Crippen molar-refractivity contribution in [1.82, 2.24) is 0 Å². The molecule has 0 heterocycles. The lowest BCUT2D eigenvalue weighted by atomic mass is 9.76. The van der Waals surface area contributed by atoms with Crippen molar-refractivity contribution in [2.75, 3.05) is 7.11 Å². The number of Topliss-reactive ketones (excluding diaryl/α,β-unsaturated/α-hetero) is 2. The Morgan fingerprint density at radius 2 is 1.94 bits per heavy atom. The molecule has 4 nitrogen and oxygen atoms in total. The van der Waals surface area contributed by atoms with Gasteiger partial charge in [0.15, 0.2) is 5.78 Å². The molecular formula is C13H20O4. The summed E-state index contributed by atoms with van der Waals surface area (Å²) in [6.45, 7) is 5.34. The lowest BCUT2D eigenvalue weighted by Crippen LogP contribution is -2.38. The molecule has 0 amide bonds. The molecule has 1 aliphatic rings. The summed E-state index contributed by atoms with van der Waals surface area (Å²) in [7, 11) is 1.28. The second-order valence-electron chi connectivity index (χ2n) is 5.66. The van der Waals surface area contributed by atoms with Gasteiger partial charge in [-0.15, -0.1) is 0 Å². The maximum Gasteiger partial charge on any atom is 0.316 e. The van der Waals surface area contributed by atoms with E-state index in [2.05, 4.69) is 0 Å². The molecule has 2 atom stereocenters. The first kappa shape index (κ1) is 13.9. The Balaban J connectivity index is 2.92. The van der Waals surface area contributed by atoms with Gasteiger partial charge in [0.1, 0.15) is 11.7 Å². The summed E-state index contributed by atoms with van der Waals surface area (Å²) in [6, 6.07) is 0. The molecule has 1 rings (SSSR count). The van der Waals surface area contributed by atoms with Crippen LogP contribution in [0.2, 0.25) is 0 Å². The molecule has 1 aliphatic carbocycles. The molecule has 4 heteroatoms. The highest BCUT2D eigenvalue weighted by Crippen LogP contribution is 2.34. The Kier molecular flexibility index (Phi) is 4.07. The van der Waals surface area contributed by atoms with Crippen molar-refractivity contribution in [1.29, 1.82) is 0 Å². The Morgan fingerprint density at radius 3 is 2.29 bits per heavy atom. The molecule has 1 saturated carbocycles. The normalized spacial score (nSPS) is 22.4. The molecule has 0 aromatic carbocycles. The summed E-state index contributed by atoms with van der Waals surface area (Å²) < 4.78 is 4.71. The Labute approximate surface area is 102 Å². The van der Waals surface area contributed by atoms with E-state index in [-0.39, 0.29) is 17.5 Å². The van der Waals surface area contributed by atoms with Crippen molar-refractivity contribution in [3.8, 4) is 0 Å². The summed E-state index contributed by atoms with van der Waals surface area (Å²) in [5.41, 5.74) is -0.593. The average Bonchev–Trinajstić information content (AvgIpc) is 2.63. The highest BCUT2D eigenvalue weighted by atomic mass is 16.5. The van der Waals surface area contributed by atoms with Crippen molar-refractivity contribution in [3.63, 3.8) is 0 Å². The van der Waals surface area contributed by atoms with Gasteiger partial charge in [-0.3, -0.25) is 14.4 Å². The maximum atomic E-state index is 12.2. The van der Waals surface area contributed by atoms with E-state index in [4.69, 9.17) is 4.74 Å². The van der Waals surface area contributed by atoms with Crippen LogP contribution >= 0.6 is 0 Å². The lowest BCUT2D eigenvalue weighted by molar-refractivity contribution is -0.154. The van der Waals surface area contributed by atoms with Crippen molar-refractivity contribution in [3.05, 3.63) is 0 Å². The Morgan fingerprint density at radius 1 is 1.35 bits per heavy atom. The molecule has 96 valence electrons. The molecule has 0 aromatic rings. The number of ketones is 2. The zero-order valence-corrected chi connectivity index (χ0v) is 10.9. The molecule has 0 aromatic heterocycles. The van der Waals surface area contributed by atoms with Gasteiger partial charge in [0, 0.05) is 18.3 Å². The lowest BCUT2D eigenvalue weighted by Gasteiger charge is -2.26. The first-order valence-electron chi connectivity index (χ1n) is 5.91. The Hall–Kier alpha value is -1.19. The van der Waals surface area contributed by atoms with Gasteiger partial charge >= 0.3 is 5.97 Å². The first-order valence-corrected chi connectivity index (χ1v) is 5.91. The van der Waals surface area contributed by atoms with Crippen molar-refractivity contribution >= 4 is 17.5 Å². The third-order valence-corrected chi connectivity index (χ3v) is 3.23. The fraction of sp³-hybridized carbons (Fsp3) is 0.769. The molecule has 1 fully saturated rings. The number of hydrogen-bond donors (Lipinski definition) is 0. The molecule has 0 bridgehead atoms. The zero-order valence-electron chi connectivity index (χ0n) is 10.9. The van der Waals surface area contributed by atoms with Crippen LogP contribution in [-0.2, 0) is 19.1 Å². The topological polar surface area (TPSA) is 60.4 Å². The van der Waals surface area contributed by atoms with Crippen LogP contribution in [0.15, 0.2) is 0 Å². The van der Waals surface area contributed by atoms with Gasteiger partial charge in [-0.05, 0) is 12.3 Å². The molecule has 0 spiro atoms. The fourth-order valence-corrected chi connectivity index (χ4v) is 2.23. The summed E-state index contributed by atoms with van der Waals surface area (Å²) in [5, 5.41) is 0. The molecule has 1 unspecified atom stereocenters. The number of ether oxygens (including phenoxy) is 1. The smallest absolute Gasteiger partial charge is 0.316 e. The molecule has 0 aliphatic heterocycles. The number of methoxy groups -OCH3 is 1. The van der Waals surface area contributed by atoms with Crippen LogP contribution in [0.5, 0.6) is 0 Å². The van der Waals surface area contributed by atoms with Crippen molar-refractivity contribution in [2.45, 2.75) is 40.0 Å². The minimum atomic E-state index is -0.786. The van der Waals surface area contributed by atoms with E-state index in [1.54, 1.807) is 20.8 Å². The number of carbonyl (C=O) groups excluding carboxylic acids is 3. The summed E-state index contributed by atoms with van der Waals surface area (Å²) in [5.74, 6) is -1.48. The summed E-state index contributed by atoms with van der Waals surface area (Å²) >= 11 is 0. The predicted octanol–water partition coefficient (Wildman–Crippen LogP) is 1.76. The van der Waals surface area contributed by atoms with E-state index in [1.807, 2.05) is 0 Å². The minimum absolute atomic E-state index is 0.130. The molecule has 0 N–H and O–H groups in total. The van der Waals surface area contributed by atoms with Gasteiger partial charge in [0.25, 0.3) is 0 Å². The van der Waals surface area contributed by atoms with Crippen LogP contribution < -0.4 is 0 Å². The van der Waals surface area contributed by atoms with Gasteiger partial charge in [0.05, 0.1) is 7.11 Å². The maximum absolute atomic E-state index is 12.2. The third-order valence-electron chi connectivity index (χ3n) is 3.23. The van der Waals surface area contributed by atoms with Gasteiger partial charge < -0.3 is 4.74 Å². The summed E-state index contributed by atoms with van der Waals surface area (Å²) in [4.78, 5) is 35.3. The van der Waals surface area contributed by atoms with E-state index >= 15 is 0 Å². The van der Waals surface area contributed by atoms with Crippen molar-refractivity contribution < 1.29 is 19.1 Å². The molecule has 0 radical (unpaired) electrons. The number of rotatable bonds is 3. The average molecular weight is 240 g/mol. The number of carbonyl (C=O) groups is 3. The molecule has 17 heavy (non-hydrogen) atoms. The fourth-order valence-electron chi connectivity index (χ4n) is 2.23. The molecule has 0 saturated heterocycles. The minimum Gasteiger partial charge on any atom is -0.468 e. The zero-order chi connectivity index (χ0) is 13.2. The number of esters is 1. The van der Waals surface area contributed by atoms with E-state index in [1.165, 1.54) is 7.11 Å². The van der Waals surface area contributed by atoms with E-state index in [0.717, 1.165) is 0 Å². The second kappa shape index (κ2) is 4.98. The van der Waals surface area contributed by atoms with E-state index in [0.29, 0.717) is 19.3 Å². The quantitative estimate of drug-likeness (QED) is 0.557. The van der Waals surface area contributed by atoms with Crippen LogP contribution in [0.4, 0.5) is 0 Å². The first-order chi connectivity index (χ1) is 7.77. The molecular weight excluding hydrogens is 220 g/mol. The second-order valence-corrected chi connectivity index (χ2v) is 5.66. The van der Waals surface area contributed by atoms with Crippen molar-refractivity contribution in [2.24, 2.45) is 17.3 Å². The third kappa shape index (κ3) is 3.14. The van der Waals surface area contributed by atoms with E-state index in [9.17, 15) is 14.4 Å². The predicted molar refractivity (Wildman–Crippen MR) is 62.3 cm³/mol. The largest absolute Gasteiger partial charge is 0.468 e. The van der Waals surface area contributed by atoms with Crippen LogP contribution in [0.25, 0.3) is 0 Å². The van der Waals surface area contributed by atoms with Crippen LogP contribution in [-0.4, -0.2) is 24.6 Å². The monoisotopic (exact) mass is 240 g/mol. The van der Waals surface area contributed by atoms with Gasteiger partial charge in [0.2, 0.25) is 0 Å². The van der Waals surface area contributed by atoms with Crippen LogP contribution in [0.3, 0.4) is 0 Å². The Bertz CT molecular complexity index is 338.